The van der Waals surface area contributed by atoms with Crippen LogP contribution in [0.3, 0.4) is 0 Å². The van der Waals surface area contributed by atoms with Crippen molar-refractivity contribution in [3.05, 3.63) is 169 Å². The summed E-state index contributed by atoms with van der Waals surface area (Å²) < 4.78 is 26.7. The number of carbonyl (C=O) groups excluding carboxylic acids is 2. The Labute approximate surface area is 406 Å². The molecule has 67 heavy (non-hydrogen) atoms. The van der Waals surface area contributed by atoms with E-state index in [1.54, 1.807) is 43.6 Å². The van der Waals surface area contributed by atoms with E-state index in [9.17, 15) is 9.59 Å². The minimum Gasteiger partial charge on any atom is -0.496 e. The number of fused-ring (bicyclic) bond motifs is 3. The Morgan fingerprint density at radius 1 is 0.791 bits per heavy atom. The number of hydrogen-bond donors (Lipinski definition) is 0. The normalized spacial score (nSPS) is 15.7. The SMILES string of the molecule is COc1cc(Cc2ncc3c(n2)-c2ccc(Cl)cc2C(c2c(F)cccc2OC)=NC3)ccc1C(=O)CCCCCC(=O)N1C[C@H](CC(C)C)N(c2ccc(Cl)cc2)[C@H](c2ccc(Cl)cc2)C1. The second-order valence-electron chi connectivity index (χ2n) is 17.6. The van der Waals surface area contributed by atoms with E-state index < -0.39 is 5.82 Å². The Morgan fingerprint density at radius 3 is 2.24 bits per heavy atom. The van der Waals surface area contributed by atoms with Gasteiger partial charge in [-0.05, 0) is 109 Å². The number of Topliss-reactive ketones (excluding diaryl/α,β-unsaturated/α-hetero) is 1. The van der Waals surface area contributed by atoms with Crippen LogP contribution >= 0.6 is 34.8 Å². The van der Waals surface area contributed by atoms with Gasteiger partial charge in [-0.25, -0.2) is 14.4 Å². The maximum Gasteiger partial charge on any atom is 0.222 e. The molecule has 0 aliphatic carbocycles. The quantitative estimate of drug-likeness (QED) is 0.0704. The van der Waals surface area contributed by atoms with Crippen LogP contribution in [0.5, 0.6) is 11.5 Å². The van der Waals surface area contributed by atoms with E-state index in [1.165, 1.54) is 13.2 Å². The number of methoxy groups -OCH3 is 2. The van der Waals surface area contributed by atoms with Crippen molar-refractivity contribution in [2.45, 2.75) is 77.4 Å². The van der Waals surface area contributed by atoms with Crippen molar-refractivity contribution in [2.75, 3.05) is 32.2 Å². The molecule has 0 unspecified atom stereocenters. The average Bonchev–Trinajstić information content (AvgIpc) is 3.47. The highest BCUT2D eigenvalue weighted by Gasteiger charge is 2.37. The molecule has 1 aromatic heterocycles. The van der Waals surface area contributed by atoms with Crippen molar-refractivity contribution in [2.24, 2.45) is 10.9 Å². The van der Waals surface area contributed by atoms with Gasteiger partial charge in [0.1, 0.15) is 23.1 Å². The lowest BCUT2D eigenvalue weighted by Gasteiger charge is -2.49. The number of anilines is 1. The van der Waals surface area contributed by atoms with Gasteiger partial charge in [0.2, 0.25) is 5.91 Å². The van der Waals surface area contributed by atoms with E-state index in [0.29, 0.717) is 106 Å². The molecule has 0 N–H and O–H groups in total. The van der Waals surface area contributed by atoms with Crippen molar-refractivity contribution in [1.82, 2.24) is 14.9 Å². The molecule has 0 spiro atoms. The van der Waals surface area contributed by atoms with Crippen LogP contribution in [-0.4, -0.2) is 65.6 Å². The lowest BCUT2D eigenvalue weighted by atomic mass is 9.92. The highest BCUT2D eigenvalue weighted by atomic mass is 35.5. The van der Waals surface area contributed by atoms with Crippen LogP contribution in [0.1, 0.15) is 102 Å². The number of hydrogen-bond acceptors (Lipinski definition) is 8. The average molecular weight is 961 g/mol. The van der Waals surface area contributed by atoms with E-state index >= 15 is 4.39 Å². The summed E-state index contributed by atoms with van der Waals surface area (Å²) in [7, 11) is 3.06. The van der Waals surface area contributed by atoms with Crippen LogP contribution in [0.4, 0.5) is 10.1 Å². The second kappa shape index (κ2) is 21.4. The predicted molar refractivity (Wildman–Crippen MR) is 266 cm³/mol. The standard InChI is InChI=1S/C54H53Cl3FN5O4/c1-33(2)25-41-31-62(32-46(35-14-16-37(55)17-15-35)63(41)40-21-18-38(56)19-22-40)51(65)12-7-5-6-10-47(64)43-23-13-34(26-49(43)67-4)27-50-59-29-36-30-60-54(52-45(58)9-8-11-48(52)66-3)44-28-39(57)20-24-42(44)53(36)61-50/h8-9,11,13-24,26,28-29,33,41,46H,5-7,10,12,25,27,30-32H2,1-4H3/t41-,46-/m0/s1. The highest BCUT2D eigenvalue weighted by molar-refractivity contribution is 6.32. The monoisotopic (exact) mass is 959 g/mol. The molecule has 6 aromatic rings. The molecule has 0 radical (unpaired) electrons. The number of unbranched alkanes of at least 4 members (excludes halogenated alkanes) is 2. The van der Waals surface area contributed by atoms with Crippen molar-refractivity contribution in [3.63, 3.8) is 0 Å². The molecule has 0 saturated carbocycles. The molecule has 5 aromatic carbocycles. The van der Waals surface area contributed by atoms with Gasteiger partial charge >= 0.3 is 0 Å². The van der Waals surface area contributed by atoms with Crippen molar-refractivity contribution in [3.8, 4) is 22.8 Å². The van der Waals surface area contributed by atoms with Gasteiger partial charge in [-0.3, -0.25) is 14.6 Å². The van der Waals surface area contributed by atoms with E-state index in [-0.39, 0.29) is 35.9 Å². The topological polar surface area (TPSA) is 97.2 Å². The molecule has 8 rings (SSSR count). The van der Waals surface area contributed by atoms with Gasteiger partial charge in [-0.2, -0.15) is 0 Å². The van der Waals surface area contributed by atoms with Crippen LogP contribution in [0.25, 0.3) is 11.3 Å². The molecule has 2 aliphatic heterocycles. The minimum absolute atomic E-state index is 0.0192. The first-order chi connectivity index (χ1) is 32.4. The van der Waals surface area contributed by atoms with Crippen LogP contribution in [0.15, 0.2) is 114 Å². The van der Waals surface area contributed by atoms with Crippen LogP contribution in [0, 0.1) is 11.7 Å². The lowest BCUT2D eigenvalue weighted by Crippen LogP contribution is -2.56. The molecule has 2 aliphatic rings. The van der Waals surface area contributed by atoms with Crippen molar-refractivity contribution in [1.29, 1.82) is 0 Å². The summed E-state index contributed by atoms with van der Waals surface area (Å²) >= 11 is 19.1. The first kappa shape index (κ1) is 47.7. The van der Waals surface area contributed by atoms with E-state index in [0.717, 1.165) is 40.8 Å². The van der Waals surface area contributed by atoms with Gasteiger partial charge in [-0.1, -0.05) is 85.4 Å². The molecule has 2 atom stereocenters. The molecule has 346 valence electrons. The molecule has 1 fully saturated rings. The van der Waals surface area contributed by atoms with Gasteiger partial charge in [0, 0.05) is 82.0 Å². The summed E-state index contributed by atoms with van der Waals surface area (Å²) in [6.45, 7) is 5.84. The lowest BCUT2D eigenvalue weighted by molar-refractivity contribution is -0.132. The van der Waals surface area contributed by atoms with Gasteiger partial charge in [0.05, 0.1) is 49.3 Å². The molecule has 9 nitrogen and oxygen atoms in total. The fraction of sp³-hybridized carbons (Fsp3) is 0.315. The second-order valence-corrected chi connectivity index (χ2v) is 18.9. The largest absolute Gasteiger partial charge is 0.496 e. The Kier molecular flexibility index (Phi) is 15.3. The summed E-state index contributed by atoms with van der Waals surface area (Å²) in [5.74, 6) is 1.47. The summed E-state index contributed by atoms with van der Waals surface area (Å²) in [4.78, 5) is 46.5. The molecule has 13 heteroatoms. The zero-order valence-corrected chi connectivity index (χ0v) is 40.3. The summed E-state index contributed by atoms with van der Waals surface area (Å²) in [6, 6.07) is 31.6. The number of rotatable bonds is 16. The third-order valence-corrected chi connectivity index (χ3v) is 13.2. The number of ether oxygens (including phenoxy) is 2. The van der Waals surface area contributed by atoms with E-state index in [2.05, 4.69) is 48.0 Å². The van der Waals surface area contributed by atoms with Crippen LogP contribution in [0.2, 0.25) is 15.1 Å². The third-order valence-electron chi connectivity index (χ3n) is 12.5. The fourth-order valence-corrected chi connectivity index (χ4v) is 9.74. The molecule has 1 saturated heterocycles. The summed E-state index contributed by atoms with van der Waals surface area (Å²) in [5.41, 5.74) is 7.07. The number of ketones is 1. The Balaban J connectivity index is 0.898. The number of amides is 1. The first-order valence-electron chi connectivity index (χ1n) is 22.7. The van der Waals surface area contributed by atoms with Crippen molar-refractivity contribution >= 4 is 57.9 Å². The maximum absolute atomic E-state index is 15.4. The van der Waals surface area contributed by atoms with Crippen LogP contribution < -0.4 is 14.4 Å². The molecule has 1 amide bonds. The van der Waals surface area contributed by atoms with Gasteiger partial charge in [0.15, 0.2) is 5.78 Å². The zero-order valence-electron chi connectivity index (χ0n) is 38.1. The Hall–Kier alpha value is -5.81. The minimum atomic E-state index is -0.457. The highest BCUT2D eigenvalue weighted by Crippen LogP contribution is 2.39. The molecule has 3 heterocycles. The van der Waals surface area contributed by atoms with Gasteiger partial charge in [0.25, 0.3) is 0 Å². The number of carbonyl (C=O) groups is 2. The third kappa shape index (κ3) is 11.0. The summed E-state index contributed by atoms with van der Waals surface area (Å²) in [6.07, 6.45) is 5.87. The number of nitrogens with zero attached hydrogens (tertiary/aromatic N) is 5. The van der Waals surface area contributed by atoms with E-state index in [1.807, 2.05) is 47.4 Å². The molecule has 0 bridgehead atoms. The number of aliphatic imine (C=N–C) groups is 1. The Morgan fingerprint density at radius 2 is 1.51 bits per heavy atom. The van der Waals surface area contributed by atoms with Gasteiger partial charge < -0.3 is 19.3 Å². The smallest absolute Gasteiger partial charge is 0.222 e. The zero-order chi connectivity index (χ0) is 47.2. The van der Waals surface area contributed by atoms with Crippen molar-refractivity contribution < 1.29 is 23.5 Å². The number of benzene rings is 5. The fourth-order valence-electron chi connectivity index (χ4n) is 9.31. The number of aromatic nitrogens is 2. The van der Waals surface area contributed by atoms with Crippen LogP contribution in [-0.2, 0) is 17.8 Å². The van der Waals surface area contributed by atoms with E-state index in [4.69, 9.17) is 54.3 Å². The Bertz CT molecular complexity index is 2780. The summed E-state index contributed by atoms with van der Waals surface area (Å²) in [5, 5.41) is 1.83. The molecular formula is C54H53Cl3FN5O4. The maximum atomic E-state index is 15.4. The number of piperazine rings is 1. The number of halogens is 4. The predicted octanol–water partition coefficient (Wildman–Crippen LogP) is 12.8. The molecular weight excluding hydrogens is 908 g/mol. The first-order valence-corrected chi connectivity index (χ1v) is 23.8. The van der Waals surface area contributed by atoms with Gasteiger partial charge in [-0.15, -0.1) is 0 Å².